The predicted octanol–water partition coefficient (Wildman–Crippen LogP) is 2.43. The molecule has 0 bridgehead atoms. The second-order valence-corrected chi connectivity index (χ2v) is 7.28. The number of hydrogen-bond donors (Lipinski definition) is 0. The van der Waals surface area contributed by atoms with Crippen LogP contribution in [0.15, 0.2) is 24.3 Å². The van der Waals surface area contributed by atoms with Crippen molar-refractivity contribution in [1.29, 1.82) is 0 Å². The molecule has 2 saturated heterocycles. The third-order valence-electron chi connectivity index (χ3n) is 5.39. The van der Waals surface area contributed by atoms with Gasteiger partial charge in [-0.05, 0) is 32.8 Å². The average molecular weight is 334 g/mol. The van der Waals surface area contributed by atoms with Crippen LogP contribution in [0.25, 0.3) is 0 Å². The van der Waals surface area contributed by atoms with Gasteiger partial charge in [0.2, 0.25) is 5.91 Å². The van der Waals surface area contributed by atoms with Crippen LogP contribution in [0.4, 0.5) is 4.39 Å². The third-order valence-corrected chi connectivity index (χ3v) is 5.39. The van der Waals surface area contributed by atoms with E-state index < -0.39 is 5.41 Å². The van der Waals surface area contributed by atoms with Crippen molar-refractivity contribution in [3.8, 4) is 0 Å². The lowest BCUT2D eigenvalue weighted by atomic mass is 9.82. The van der Waals surface area contributed by atoms with Crippen molar-refractivity contribution in [2.45, 2.75) is 38.1 Å². The van der Waals surface area contributed by atoms with Crippen LogP contribution in [0.2, 0.25) is 0 Å². The summed E-state index contributed by atoms with van der Waals surface area (Å²) in [6.07, 6.45) is 2.16. The summed E-state index contributed by atoms with van der Waals surface area (Å²) in [4.78, 5) is 17.3. The van der Waals surface area contributed by atoms with Crippen molar-refractivity contribution in [2.24, 2.45) is 0 Å². The van der Waals surface area contributed by atoms with E-state index in [-0.39, 0.29) is 11.7 Å². The van der Waals surface area contributed by atoms with Crippen LogP contribution in [0.3, 0.4) is 0 Å². The maximum absolute atomic E-state index is 14.1. The summed E-state index contributed by atoms with van der Waals surface area (Å²) in [5.41, 5.74) is -0.367. The number of ether oxygens (including phenoxy) is 1. The van der Waals surface area contributed by atoms with E-state index in [0.29, 0.717) is 24.7 Å². The van der Waals surface area contributed by atoms with Crippen molar-refractivity contribution < 1.29 is 13.9 Å². The molecule has 2 aliphatic heterocycles. The van der Waals surface area contributed by atoms with Crippen molar-refractivity contribution >= 4 is 5.91 Å². The molecule has 0 unspecified atom stereocenters. The molecule has 0 radical (unpaired) electrons. The van der Waals surface area contributed by atoms with Gasteiger partial charge >= 0.3 is 0 Å². The molecule has 1 aromatic rings. The molecule has 24 heavy (non-hydrogen) atoms. The van der Waals surface area contributed by atoms with Crippen molar-refractivity contribution in [2.75, 3.05) is 39.4 Å². The Morgan fingerprint density at radius 3 is 2.38 bits per heavy atom. The highest BCUT2D eigenvalue weighted by Gasteiger charge is 2.37. The van der Waals surface area contributed by atoms with E-state index in [1.807, 2.05) is 18.7 Å². The van der Waals surface area contributed by atoms with Crippen LogP contribution in [0.5, 0.6) is 0 Å². The van der Waals surface area contributed by atoms with Gasteiger partial charge in [0.25, 0.3) is 0 Å². The number of nitrogens with zero attached hydrogens (tertiary/aromatic N) is 2. The Labute approximate surface area is 143 Å². The van der Waals surface area contributed by atoms with Gasteiger partial charge in [-0.2, -0.15) is 0 Å². The first-order chi connectivity index (χ1) is 11.5. The van der Waals surface area contributed by atoms with Gasteiger partial charge in [0.1, 0.15) is 5.82 Å². The van der Waals surface area contributed by atoms with Crippen LogP contribution in [0, 0.1) is 5.82 Å². The number of halogens is 1. The Bertz CT molecular complexity index is 576. The second kappa shape index (κ2) is 7.19. The van der Waals surface area contributed by atoms with Gasteiger partial charge in [-0.1, -0.05) is 18.2 Å². The molecule has 4 nitrogen and oxygen atoms in total. The highest BCUT2D eigenvalue weighted by molar-refractivity contribution is 5.87. The minimum absolute atomic E-state index is 0.0132. The predicted molar refractivity (Wildman–Crippen MR) is 91.4 cm³/mol. The molecule has 0 saturated carbocycles. The fourth-order valence-corrected chi connectivity index (χ4v) is 3.82. The molecule has 132 valence electrons. The highest BCUT2D eigenvalue weighted by atomic mass is 19.1. The van der Waals surface area contributed by atoms with Gasteiger partial charge < -0.3 is 9.64 Å². The van der Waals surface area contributed by atoms with E-state index in [9.17, 15) is 9.18 Å². The lowest BCUT2D eigenvalue weighted by molar-refractivity contribution is -0.138. The van der Waals surface area contributed by atoms with Crippen LogP contribution < -0.4 is 0 Å². The van der Waals surface area contributed by atoms with Crippen LogP contribution in [-0.4, -0.2) is 61.1 Å². The van der Waals surface area contributed by atoms with Crippen molar-refractivity contribution in [3.05, 3.63) is 35.6 Å². The van der Waals surface area contributed by atoms with Gasteiger partial charge in [-0.3, -0.25) is 9.69 Å². The summed E-state index contributed by atoms with van der Waals surface area (Å²) in [5.74, 6) is -0.295. The van der Waals surface area contributed by atoms with Gasteiger partial charge in [0, 0.05) is 51.0 Å². The van der Waals surface area contributed by atoms with E-state index in [2.05, 4.69) is 4.90 Å². The Kier molecular flexibility index (Phi) is 5.21. The largest absolute Gasteiger partial charge is 0.381 e. The quantitative estimate of drug-likeness (QED) is 0.851. The van der Waals surface area contributed by atoms with E-state index in [1.54, 1.807) is 18.2 Å². The molecule has 1 amide bonds. The summed E-state index contributed by atoms with van der Waals surface area (Å²) in [6.45, 7) is 8.53. The first-order valence-electron chi connectivity index (χ1n) is 8.86. The number of amides is 1. The fraction of sp³-hybridized carbons (Fsp3) is 0.632. The minimum Gasteiger partial charge on any atom is -0.381 e. The molecule has 5 heteroatoms. The summed E-state index contributed by atoms with van der Waals surface area (Å²) >= 11 is 0. The van der Waals surface area contributed by atoms with Crippen molar-refractivity contribution in [1.82, 2.24) is 9.80 Å². The lowest BCUT2D eigenvalue weighted by Crippen LogP contribution is -2.56. The summed E-state index contributed by atoms with van der Waals surface area (Å²) in [6, 6.07) is 7.16. The van der Waals surface area contributed by atoms with Crippen molar-refractivity contribution in [3.63, 3.8) is 0 Å². The van der Waals surface area contributed by atoms with Crippen LogP contribution >= 0.6 is 0 Å². The third kappa shape index (κ3) is 3.47. The van der Waals surface area contributed by atoms with Gasteiger partial charge in [-0.15, -0.1) is 0 Å². The highest BCUT2D eigenvalue weighted by Crippen LogP contribution is 2.29. The summed E-state index contributed by atoms with van der Waals surface area (Å²) in [7, 11) is 0. The summed E-state index contributed by atoms with van der Waals surface area (Å²) < 4.78 is 19.6. The Balaban J connectivity index is 1.63. The maximum Gasteiger partial charge on any atom is 0.232 e. The molecular formula is C19H27FN2O2. The SMILES string of the molecule is CC(C)(C(=O)N1CCN(C2CCOCC2)CC1)c1ccccc1F. The van der Waals surface area contributed by atoms with E-state index in [4.69, 9.17) is 4.74 Å². The number of carbonyl (C=O) groups excluding carboxylic acids is 1. The number of benzene rings is 1. The van der Waals surface area contributed by atoms with Gasteiger partial charge in [0.15, 0.2) is 0 Å². The normalized spacial score (nSPS) is 21.0. The Morgan fingerprint density at radius 2 is 1.75 bits per heavy atom. The van der Waals surface area contributed by atoms with E-state index in [0.717, 1.165) is 39.1 Å². The van der Waals surface area contributed by atoms with E-state index >= 15 is 0 Å². The number of piperazine rings is 1. The smallest absolute Gasteiger partial charge is 0.232 e. The molecule has 0 aromatic heterocycles. The minimum atomic E-state index is -0.841. The molecule has 3 rings (SSSR count). The Hall–Kier alpha value is -1.46. The lowest BCUT2D eigenvalue weighted by Gasteiger charge is -2.42. The van der Waals surface area contributed by atoms with Crippen LogP contribution in [0.1, 0.15) is 32.3 Å². The van der Waals surface area contributed by atoms with Gasteiger partial charge in [0.05, 0.1) is 5.41 Å². The fourth-order valence-electron chi connectivity index (χ4n) is 3.82. The first-order valence-corrected chi connectivity index (χ1v) is 8.86. The summed E-state index contributed by atoms with van der Waals surface area (Å²) in [5, 5.41) is 0. The molecule has 2 heterocycles. The monoisotopic (exact) mass is 334 g/mol. The zero-order valence-corrected chi connectivity index (χ0v) is 14.6. The Morgan fingerprint density at radius 1 is 1.12 bits per heavy atom. The maximum atomic E-state index is 14.1. The number of carbonyl (C=O) groups is 1. The standard InChI is InChI=1S/C19H27FN2O2/c1-19(2,16-5-3-4-6-17(16)20)18(23)22-11-9-21(10-12-22)15-7-13-24-14-8-15/h3-6,15H,7-14H2,1-2H3. The molecule has 2 aliphatic rings. The van der Waals surface area contributed by atoms with Crippen LogP contribution in [-0.2, 0) is 14.9 Å². The zero-order chi connectivity index (χ0) is 17.2. The molecule has 2 fully saturated rings. The zero-order valence-electron chi connectivity index (χ0n) is 14.6. The molecule has 0 spiro atoms. The van der Waals surface area contributed by atoms with E-state index in [1.165, 1.54) is 6.07 Å². The molecule has 0 atom stereocenters. The number of hydrogen-bond acceptors (Lipinski definition) is 3. The molecule has 1 aromatic carbocycles. The van der Waals surface area contributed by atoms with Gasteiger partial charge in [-0.25, -0.2) is 4.39 Å². The topological polar surface area (TPSA) is 32.8 Å². The first kappa shape index (κ1) is 17.4. The second-order valence-electron chi connectivity index (χ2n) is 7.28. The molecule has 0 aliphatic carbocycles. The average Bonchev–Trinajstić information content (AvgIpc) is 2.62. The number of rotatable bonds is 3. The molecule has 0 N–H and O–H groups in total. The molecular weight excluding hydrogens is 307 g/mol.